The molecule has 3 unspecified atom stereocenters. The van der Waals surface area contributed by atoms with Gasteiger partial charge in [-0.05, 0) is 67.9 Å². The van der Waals surface area contributed by atoms with Gasteiger partial charge in [-0.1, -0.05) is 63.4 Å². The van der Waals surface area contributed by atoms with Crippen molar-refractivity contribution in [2.24, 2.45) is 5.41 Å². The van der Waals surface area contributed by atoms with Crippen molar-refractivity contribution in [3.8, 4) is 5.75 Å². The number of carbonyl (C=O) groups excluding carboxylic acids is 1. The van der Waals surface area contributed by atoms with Gasteiger partial charge >= 0.3 is 0 Å². The first kappa shape index (κ1) is 27.8. The average Bonchev–Trinajstić information content (AvgIpc) is 3.06. The number of carbonyl (C=O) groups is 1. The van der Waals surface area contributed by atoms with E-state index < -0.39 is 6.10 Å². The Kier molecular flexibility index (Phi) is 9.51. The Morgan fingerprint density at radius 2 is 1.71 bits per heavy atom. The summed E-state index contributed by atoms with van der Waals surface area (Å²) in [6.45, 7) is 16.5. The molecule has 0 fully saturated rings. The number of hydrogen-bond donors (Lipinski definition) is 1. The molecule has 3 nitrogen and oxygen atoms in total. The molecule has 0 aliphatic rings. The van der Waals surface area contributed by atoms with E-state index in [0.29, 0.717) is 0 Å². The zero-order valence-corrected chi connectivity index (χ0v) is 21.6. The third-order valence-electron chi connectivity index (χ3n) is 6.19. The molecule has 1 heterocycles. The predicted molar refractivity (Wildman–Crippen MR) is 138 cm³/mol. The van der Waals surface area contributed by atoms with Crippen molar-refractivity contribution in [1.29, 1.82) is 0 Å². The quantitative estimate of drug-likeness (QED) is 0.417. The molecule has 0 saturated carbocycles. The molecule has 3 atom stereocenters. The molecule has 0 amide bonds. The van der Waals surface area contributed by atoms with E-state index in [9.17, 15) is 9.90 Å². The summed E-state index contributed by atoms with van der Waals surface area (Å²) in [6, 6.07) is 8.55. The highest BCUT2D eigenvalue weighted by atomic mass is 32.1. The van der Waals surface area contributed by atoms with Crippen molar-refractivity contribution in [2.75, 3.05) is 0 Å². The monoisotopic (exact) mass is 464 g/mol. The third kappa shape index (κ3) is 5.78. The van der Waals surface area contributed by atoms with Gasteiger partial charge in [-0.15, -0.1) is 11.3 Å². The summed E-state index contributed by atoms with van der Waals surface area (Å²) >= 11 is 1.61. The van der Waals surface area contributed by atoms with Crippen molar-refractivity contribution < 1.29 is 14.6 Å². The first-order valence-electron chi connectivity index (χ1n) is 10.7. The Morgan fingerprint density at radius 3 is 2.13 bits per heavy atom. The highest BCUT2D eigenvalue weighted by Crippen LogP contribution is 2.44. The minimum Gasteiger partial charge on any atom is -0.488 e. The van der Waals surface area contributed by atoms with Crippen LogP contribution < -0.4 is 4.74 Å². The van der Waals surface area contributed by atoms with E-state index in [4.69, 9.17) is 4.74 Å². The number of aryl methyl sites for hydroxylation is 2. The van der Waals surface area contributed by atoms with Crippen molar-refractivity contribution in [2.45, 2.75) is 93.3 Å². The maximum atomic E-state index is 12.0. The molecule has 0 bridgehead atoms. The lowest BCUT2D eigenvalue weighted by Gasteiger charge is -2.33. The lowest BCUT2D eigenvalue weighted by atomic mass is 9.74. The van der Waals surface area contributed by atoms with Crippen LogP contribution in [0, 0.1) is 19.3 Å². The Balaban J connectivity index is 0.00000480. The van der Waals surface area contributed by atoms with Crippen LogP contribution in [0.15, 0.2) is 24.3 Å². The standard InChI is InChI=1S/C25H37O3PS.CH4/c1-9-25(10-2,20-14-16(4)21(30-20)23(27)29)18-11-12-19(15(3)13-18)28-17(5)22(26)24(6,7)8;/h11-14,17,22,26H,9-10,29H2,1-8H3;1H4. The second-order valence-electron chi connectivity index (χ2n) is 9.39. The van der Waals surface area contributed by atoms with Crippen molar-refractivity contribution in [3.05, 3.63) is 50.7 Å². The van der Waals surface area contributed by atoms with Gasteiger partial charge in [0.25, 0.3) is 0 Å². The van der Waals surface area contributed by atoms with Crippen molar-refractivity contribution in [3.63, 3.8) is 0 Å². The first-order valence-corrected chi connectivity index (χ1v) is 12.1. The van der Waals surface area contributed by atoms with Crippen LogP contribution in [0.25, 0.3) is 0 Å². The lowest BCUT2D eigenvalue weighted by Crippen LogP contribution is -2.39. The molecule has 0 spiro atoms. The number of rotatable bonds is 8. The molecular weight excluding hydrogens is 423 g/mol. The van der Waals surface area contributed by atoms with E-state index in [1.807, 2.05) is 40.7 Å². The van der Waals surface area contributed by atoms with Gasteiger partial charge in [-0.25, -0.2) is 0 Å². The first-order chi connectivity index (χ1) is 13.9. The van der Waals surface area contributed by atoms with E-state index in [-0.39, 0.29) is 29.9 Å². The summed E-state index contributed by atoms with van der Waals surface area (Å²) in [5.41, 5.74) is 3.02. The molecule has 1 N–H and O–H groups in total. The largest absolute Gasteiger partial charge is 0.488 e. The van der Waals surface area contributed by atoms with E-state index in [1.165, 1.54) is 10.4 Å². The number of benzene rings is 1. The minimum absolute atomic E-state index is 0. The maximum absolute atomic E-state index is 12.0. The third-order valence-corrected chi connectivity index (χ3v) is 8.15. The number of thiophene rings is 1. The van der Waals surface area contributed by atoms with Crippen molar-refractivity contribution in [1.82, 2.24) is 0 Å². The smallest absolute Gasteiger partial charge is 0.188 e. The molecule has 5 heteroatoms. The molecule has 1 aromatic heterocycles. The summed E-state index contributed by atoms with van der Waals surface area (Å²) in [5.74, 6) is 0.804. The van der Waals surface area contributed by atoms with Crippen LogP contribution in [0.1, 0.15) is 93.0 Å². The highest BCUT2D eigenvalue weighted by Gasteiger charge is 2.34. The van der Waals surface area contributed by atoms with Gasteiger partial charge in [0.1, 0.15) is 11.9 Å². The van der Waals surface area contributed by atoms with Crippen LogP contribution in [-0.4, -0.2) is 22.8 Å². The zero-order valence-electron chi connectivity index (χ0n) is 19.6. The fraction of sp³-hybridized carbons (Fsp3) is 0.577. The second-order valence-corrected chi connectivity index (χ2v) is 11.0. The van der Waals surface area contributed by atoms with Crippen LogP contribution in [0.4, 0.5) is 0 Å². The van der Waals surface area contributed by atoms with Gasteiger partial charge < -0.3 is 9.84 Å². The summed E-state index contributed by atoms with van der Waals surface area (Å²) in [6.07, 6.45) is 1.05. The summed E-state index contributed by atoms with van der Waals surface area (Å²) in [4.78, 5) is 14.0. The lowest BCUT2D eigenvalue weighted by molar-refractivity contribution is -0.0234. The molecule has 2 rings (SSSR count). The second kappa shape index (κ2) is 10.6. The van der Waals surface area contributed by atoms with Gasteiger partial charge in [0.05, 0.1) is 11.0 Å². The SMILES string of the molecule is C.CCC(CC)(c1ccc(OC(C)C(O)C(C)(C)C)c(C)c1)c1cc(C)c(C(=O)P)s1. The molecule has 0 aliphatic heterocycles. The normalized spacial score (nSPS) is 14.0. The van der Waals surface area contributed by atoms with Crippen molar-refractivity contribution >= 4 is 26.1 Å². The van der Waals surface area contributed by atoms with Crippen LogP contribution in [0.3, 0.4) is 0 Å². The van der Waals surface area contributed by atoms with E-state index in [2.05, 4.69) is 48.2 Å². The Morgan fingerprint density at radius 1 is 1.13 bits per heavy atom. The predicted octanol–water partition coefficient (Wildman–Crippen LogP) is 7.30. The van der Waals surface area contributed by atoms with Gasteiger partial charge in [0, 0.05) is 10.3 Å². The molecule has 2 aromatic rings. The van der Waals surface area contributed by atoms with Crippen LogP contribution in [0.5, 0.6) is 5.75 Å². The zero-order chi connectivity index (χ0) is 22.9. The number of aliphatic hydroxyl groups is 1. The van der Waals surface area contributed by atoms with Gasteiger partial charge in [0.15, 0.2) is 5.52 Å². The van der Waals surface area contributed by atoms with Crippen LogP contribution in [-0.2, 0) is 5.41 Å². The topological polar surface area (TPSA) is 46.5 Å². The molecule has 0 radical (unpaired) electrons. The number of aliphatic hydroxyl groups excluding tert-OH is 1. The fourth-order valence-corrected chi connectivity index (χ4v) is 5.94. The van der Waals surface area contributed by atoms with Crippen LogP contribution in [0.2, 0.25) is 0 Å². The van der Waals surface area contributed by atoms with Gasteiger partial charge in [0.2, 0.25) is 0 Å². The Bertz CT molecular complexity index is 891. The van der Waals surface area contributed by atoms with Gasteiger partial charge in [-0.2, -0.15) is 0 Å². The molecule has 31 heavy (non-hydrogen) atoms. The average molecular weight is 465 g/mol. The van der Waals surface area contributed by atoms with E-state index in [1.54, 1.807) is 11.3 Å². The molecule has 0 aliphatic carbocycles. The Labute approximate surface area is 195 Å². The maximum Gasteiger partial charge on any atom is 0.188 e. The number of hydrogen-bond acceptors (Lipinski definition) is 4. The van der Waals surface area contributed by atoms with Gasteiger partial charge in [-0.3, -0.25) is 4.79 Å². The fourth-order valence-electron chi connectivity index (χ4n) is 4.16. The molecule has 1 aromatic carbocycles. The molecule has 0 saturated heterocycles. The van der Waals surface area contributed by atoms with Crippen LogP contribution >= 0.6 is 20.6 Å². The van der Waals surface area contributed by atoms with E-state index >= 15 is 0 Å². The summed E-state index contributed by atoms with van der Waals surface area (Å²) in [5, 5.41) is 10.5. The number of ether oxygens (including phenoxy) is 1. The Hall–Kier alpha value is -1.22. The summed E-state index contributed by atoms with van der Waals surface area (Å²) in [7, 11) is 2.30. The molecule has 174 valence electrons. The highest BCUT2D eigenvalue weighted by molar-refractivity contribution is 7.43. The summed E-state index contributed by atoms with van der Waals surface area (Å²) < 4.78 is 6.13. The molecular formula is C26H41O3PS. The van der Waals surface area contributed by atoms with E-state index in [0.717, 1.165) is 34.6 Å². The minimum atomic E-state index is -0.557.